The molecule has 0 aliphatic rings. The monoisotopic (exact) mass is 1470 g/mol. The van der Waals surface area contributed by atoms with Crippen LogP contribution in [0.2, 0.25) is 0 Å². The highest BCUT2D eigenvalue weighted by molar-refractivity contribution is 7.47. The Kier molecular flexibility index (Phi) is 70.5. The van der Waals surface area contributed by atoms with Gasteiger partial charge in [0.25, 0.3) is 0 Å². The van der Waals surface area contributed by atoms with Crippen molar-refractivity contribution in [2.45, 2.75) is 316 Å². The Morgan fingerprint density at radius 2 is 0.549 bits per heavy atom. The maximum atomic E-state index is 13.1. The zero-order valence-electron chi connectivity index (χ0n) is 63.5. The van der Waals surface area contributed by atoms with Crippen molar-refractivity contribution < 1.29 is 80.2 Å². The highest BCUT2D eigenvalue weighted by Crippen LogP contribution is 2.45. The van der Waals surface area contributed by atoms with Crippen molar-refractivity contribution in [1.29, 1.82) is 0 Å². The van der Waals surface area contributed by atoms with Gasteiger partial charge in [0.2, 0.25) is 0 Å². The number of hydrogen-bond acceptors (Lipinski definition) is 15. The molecule has 0 radical (unpaired) electrons. The average molecular weight is 1470 g/mol. The summed E-state index contributed by atoms with van der Waals surface area (Å²) in [4.78, 5) is 72.9. The highest BCUT2D eigenvalue weighted by atomic mass is 31.2. The number of esters is 4. The number of aliphatic hydroxyl groups is 1. The predicted molar refractivity (Wildman–Crippen MR) is 417 cm³/mol. The van der Waals surface area contributed by atoms with E-state index in [1.807, 2.05) is 18.2 Å². The lowest BCUT2D eigenvalue weighted by Crippen LogP contribution is -2.30. The Hall–Kier alpha value is -5.06. The number of carbonyl (C=O) groups is 4. The van der Waals surface area contributed by atoms with Gasteiger partial charge in [0.1, 0.15) is 19.3 Å². The Balaban J connectivity index is 5.44. The smallest absolute Gasteiger partial charge is 0.462 e. The number of rotatable bonds is 72. The molecule has 0 rings (SSSR count). The molecule has 102 heavy (non-hydrogen) atoms. The van der Waals surface area contributed by atoms with Crippen LogP contribution in [-0.2, 0) is 65.4 Å². The number of hydrogen-bond donors (Lipinski definition) is 3. The first-order valence-corrected chi connectivity index (χ1v) is 42.1. The van der Waals surface area contributed by atoms with Gasteiger partial charge in [0, 0.05) is 25.7 Å². The molecule has 0 aliphatic carbocycles. The molecule has 0 aliphatic heterocycles. The van der Waals surface area contributed by atoms with Crippen molar-refractivity contribution in [1.82, 2.24) is 0 Å². The fourth-order valence-electron chi connectivity index (χ4n) is 9.88. The number of phosphoric ester groups is 2. The number of allylic oxidation sites excluding steroid dienone is 24. The van der Waals surface area contributed by atoms with Crippen molar-refractivity contribution in [3.63, 3.8) is 0 Å². The van der Waals surface area contributed by atoms with Crippen LogP contribution in [-0.4, -0.2) is 96.7 Å². The second-order valence-corrected chi connectivity index (χ2v) is 28.4. The Labute approximate surface area is 617 Å². The van der Waals surface area contributed by atoms with Crippen LogP contribution >= 0.6 is 15.6 Å². The summed E-state index contributed by atoms with van der Waals surface area (Å²) >= 11 is 0. The fourth-order valence-corrected chi connectivity index (χ4v) is 11.5. The van der Waals surface area contributed by atoms with Crippen LogP contribution in [0.3, 0.4) is 0 Å². The molecular formula is C83H138O17P2. The molecule has 0 aromatic carbocycles. The number of unbranched alkanes of at least 4 members (excludes halogenated alkanes) is 22. The van der Waals surface area contributed by atoms with Crippen LogP contribution in [0.25, 0.3) is 0 Å². The summed E-state index contributed by atoms with van der Waals surface area (Å²) in [7, 11) is -9.99. The molecule has 3 N–H and O–H groups in total. The summed E-state index contributed by atoms with van der Waals surface area (Å²) in [5, 5.41) is 10.6. The Morgan fingerprint density at radius 3 is 0.892 bits per heavy atom. The van der Waals surface area contributed by atoms with Crippen LogP contribution < -0.4 is 0 Å². The lowest BCUT2D eigenvalue weighted by Gasteiger charge is -2.21. The van der Waals surface area contributed by atoms with Crippen LogP contribution in [0.15, 0.2) is 146 Å². The second-order valence-electron chi connectivity index (χ2n) is 25.5. The van der Waals surface area contributed by atoms with Crippen molar-refractivity contribution in [2.24, 2.45) is 0 Å². The molecule has 5 unspecified atom stereocenters. The minimum Gasteiger partial charge on any atom is -0.462 e. The van der Waals surface area contributed by atoms with Crippen molar-refractivity contribution >= 4 is 39.5 Å². The van der Waals surface area contributed by atoms with Gasteiger partial charge in [0.05, 0.1) is 26.4 Å². The number of aliphatic hydroxyl groups excluding tert-OH is 1. The molecule has 19 heteroatoms. The largest absolute Gasteiger partial charge is 0.472 e. The lowest BCUT2D eigenvalue weighted by atomic mass is 10.1. The molecule has 0 amide bonds. The van der Waals surface area contributed by atoms with Gasteiger partial charge in [-0.25, -0.2) is 9.13 Å². The molecule has 5 atom stereocenters. The van der Waals surface area contributed by atoms with E-state index in [9.17, 15) is 43.2 Å². The fraction of sp³-hybridized carbons (Fsp3) is 0.663. The van der Waals surface area contributed by atoms with E-state index in [1.165, 1.54) is 38.5 Å². The third-order valence-corrected chi connectivity index (χ3v) is 17.7. The van der Waals surface area contributed by atoms with Crippen LogP contribution in [0.5, 0.6) is 0 Å². The molecule has 0 spiro atoms. The van der Waals surface area contributed by atoms with E-state index in [0.717, 1.165) is 173 Å². The molecular weight excluding hydrogens is 1330 g/mol. The van der Waals surface area contributed by atoms with E-state index < -0.39 is 97.5 Å². The van der Waals surface area contributed by atoms with Crippen LogP contribution in [0, 0.1) is 0 Å². The molecule has 17 nitrogen and oxygen atoms in total. The normalized spacial score (nSPS) is 14.7. The van der Waals surface area contributed by atoms with E-state index in [2.05, 4.69) is 155 Å². The first-order valence-electron chi connectivity index (χ1n) is 39.1. The van der Waals surface area contributed by atoms with Gasteiger partial charge in [-0.3, -0.25) is 37.3 Å². The molecule has 0 saturated carbocycles. The van der Waals surface area contributed by atoms with E-state index in [0.29, 0.717) is 32.1 Å². The minimum atomic E-state index is -5.00. The minimum absolute atomic E-state index is 0.0289. The van der Waals surface area contributed by atoms with Gasteiger partial charge in [-0.15, -0.1) is 0 Å². The van der Waals surface area contributed by atoms with Gasteiger partial charge in [0.15, 0.2) is 12.2 Å². The molecule has 0 bridgehead atoms. The molecule has 582 valence electrons. The number of ether oxygens (including phenoxy) is 4. The van der Waals surface area contributed by atoms with Gasteiger partial charge in [-0.1, -0.05) is 270 Å². The highest BCUT2D eigenvalue weighted by Gasteiger charge is 2.30. The van der Waals surface area contributed by atoms with Crippen LogP contribution in [0.4, 0.5) is 0 Å². The summed E-state index contributed by atoms with van der Waals surface area (Å²) in [5.74, 6) is -2.32. The van der Waals surface area contributed by atoms with Crippen molar-refractivity contribution in [3.05, 3.63) is 146 Å². The van der Waals surface area contributed by atoms with Gasteiger partial charge >= 0.3 is 39.5 Å². The summed E-state index contributed by atoms with van der Waals surface area (Å²) in [6.07, 6.45) is 84.2. The van der Waals surface area contributed by atoms with Gasteiger partial charge < -0.3 is 33.8 Å². The first kappa shape index (κ1) is 96.9. The molecule has 0 saturated heterocycles. The lowest BCUT2D eigenvalue weighted by molar-refractivity contribution is -0.161. The van der Waals surface area contributed by atoms with Crippen molar-refractivity contribution in [3.8, 4) is 0 Å². The molecule has 0 heterocycles. The summed E-state index contributed by atoms with van der Waals surface area (Å²) < 4.78 is 68.4. The topological polar surface area (TPSA) is 237 Å². The zero-order chi connectivity index (χ0) is 74.6. The van der Waals surface area contributed by atoms with E-state index in [-0.39, 0.29) is 25.7 Å². The van der Waals surface area contributed by atoms with E-state index in [1.54, 1.807) is 0 Å². The molecule has 0 fully saturated rings. The Morgan fingerprint density at radius 1 is 0.284 bits per heavy atom. The maximum absolute atomic E-state index is 13.1. The maximum Gasteiger partial charge on any atom is 0.472 e. The average Bonchev–Trinajstić information content (AvgIpc) is 0.908. The number of phosphoric acid groups is 2. The standard InChI is InChI=1S/C83H138O17P2/c1-5-9-13-17-21-25-29-33-36-37-38-39-42-45-48-52-56-60-64-68-81(86)94-73-78(99-82(87)69-65-61-57-53-49-43-32-28-24-20-16-12-8-4)75-97-101(89,90)95-71-77(84)72-96-102(91,92)98-76-79(100-83(88)70-66-62-58-54-50-46-41-35-31-27-23-19-15-11-7-3)74-93-80(85)67-63-59-55-51-47-44-40-34-30-26-22-18-14-10-6-2/h9-10,13-14,16,20-22,25-26,28,32-36,38-41,45,48,56,60,77-79,84H,5-8,11-12,15,17-19,23-24,27,29-31,37,42-44,46-47,49-55,57-59,61-76H2,1-4H3,(H,89,90)(H,91,92)/b13-9-,14-10-,20-16-,25-21-,26-22-,32-28-,36-33-,39-38-,40-34-,41-35-,48-45-,60-56-. The zero-order valence-corrected chi connectivity index (χ0v) is 65.3. The van der Waals surface area contributed by atoms with Crippen molar-refractivity contribution in [2.75, 3.05) is 39.6 Å². The molecule has 0 aromatic heterocycles. The summed E-state index contributed by atoms with van der Waals surface area (Å²) in [6.45, 7) is 4.44. The van der Waals surface area contributed by atoms with Gasteiger partial charge in [-0.05, 0) is 148 Å². The number of carbonyl (C=O) groups excluding carboxylic acids is 4. The van der Waals surface area contributed by atoms with E-state index >= 15 is 0 Å². The molecule has 0 aromatic rings. The SMILES string of the molecule is CC/C=C\C/C=C\C/C=C\C/C=C\C/C=C\C/C=C\CCC(=O)OCC(COP(=O)(O)OCC(O)COP(=O)(O)OCC(COC(=O)CCCCCCC/C=C\C/C=C\C/C=C\CC)OC(=O)CCCCCCC/C=C\CCCCCCCC)OC(=O)CCCCCCC/C=C\C/C=C\CCC. The van der Waals surface area contributed by atoms with E-state index in [4.69, 9.17) is 37.0 Å². The Bertz CT molecular complexity index is 2510. The first-order chi connectivity index (χ1) is 49.7. The second kappa shape index (κ2) is 74.2. The predicted octanol–water partition coefficient (Wildman–Crippen LogP) is 22.7. The summed E-state index contributed by atoms with van der Waals surface area (Å²) in [5.41, 5.74) is 0. The quantitative estimate of drug-likeness (QED) is 0.0169. The summed E-state index contributed by atoms with van der Waals surface area (Å²) in [6, 6.07) is 0. The van der Waals surface area contributed by atoms with Gasteiger partial charge in [-0.2, -0.15) is 0 Å². The third-order valence-electron chi connectivity index (χ3n) is 15.8. The third kappa shape index (κ3) is 73.3. The van der Waals surface area contributed by atoms with Crippen LogP contribution in [0.1, 0.15) is 297 Å².